The van der Waals surface area contributed by atoms with Gasteiger partial charge in [0.15, 0.2) is 11.6 Å². The van der Waals surface area contributed by atoms with Gasteiger partial charge in [-0.25, -0.2) is 9.78 Å². The van der Waals surface area contributed by atoms with Crippen LogP contribution in [-0.4, -0.2) is 39.2 Å². The molecular formula is C26H23N5O4. The molecule has 0 saturated heterocycles. The molecule has 0 aliphatic carbocycles. The van der Waals surface area contributed by atoms with Gasteiger partial charge in [-0.2, -0.15) is 9.78 Å². The number of rotatable bonds is 5. The summed E-state index contributed by atoms with van der Waals surface area (Å²) in [4.78, 5) is 42.3. The number of esters is 1. The van der Waals surface area contributed by atoms with Gasteiger partial charge in [-0.15, -0.1) is 0 Å². The van der Waals surface area contributed by atoms with Crippen LogP contribution in [0.4, 0.5) is 11.5 Å². The van der Waals surface area contributed by atoms with E-state index in [1.165, 1.54) is 10.9 Å². The lowest BCUT2D eigenvalue weighted by Gasteiger charge is -2.13. The number of amides is 2. The highest BCUT2D eigenvalue weighted by Gasteiger charge is 2.23. The fourth-order valence-electron chi connectivity index (χ4n) is 4.07. The third kappa shape index (κ3) is 4.48. The Kier molecular flexibility index (Phi) is 5.97. The van der Waals surface area contributed by atoms with Crippen molar-refractivity contribution in [2.75, 3.05) is 17.2 Å². The van der Waals surface area contributed by atoms with Crippen molar-refractivity contribution in [2.24, 2.45) is 0 Å². The van der Waals surface area contributed by atoms with Crippen molar-refractivity contribution in [1.82, 2.24) is 14.8 Å². The lowest BCUT2D eigenvalue weighted by atomic mass is 10.0. The van der Waals surface area contributed by atoms with E-state index in [0.717, 1.165) is 16.5 Å². The van der Waals surface area contributed by atoms with Gasteiger partial charge < -0.3 is 15.4 Å². The monoisotopic (exact) mass is 469 g/mol. The van der Waals surface area contributed by atoms with Crippen molar-refractivity contribution >= 4 is 40.2 Å². The summed E-state index contributed by atoms with van der Waals surface area (Å²) < 4.78 is 6.59. The number of aromatic nitrogens is 3. The van der Waals surface area contributed by atoms with Gasteiger partial charge in [-0.1, -0.05) is 18.2 Å². The highest BCUT2D eigenvalue weighted by Crippen LogP contribution is 2.26. The Labute approximate surface area is 201 Å². The first-order valence-corrected chi connectivity index (χ1v) is 11.4. The van der Waals surface area contributed by atoms with Gasteiger partial charge in [-0.3, -0.25) is 9.59 Å². The van der Waals surface area contributed by atoms with Crippen molar-refractivity contribution in [2.45, 2.75) is 26.2 Å². The van der Waals surface area contributed by atoms with E-state index in [2.05, 4.69) is 20.7 Å². The Hall–Kier alpha value is -4.53. The minimum absolute atomic E-state index is 0.0354. The van der Waals surface area contributed by atoms with Crippen LogP contribution in [0.5, 0.6) is 0 Å². The molecule has 35 heavy (non-hydrogen) atoms. The molecule has 0 fully saturated rings. The smallest absolute Gasteiger partial charge is 0.343 e. The Balaban J connectivity index is 1.52. The molecule has 2 aromatic carbocycles. The van der Waals surface area contributed by atoms with E-state index < -0.39 is 11.9 Å². The highest BCUT2D eigenvalue weighted by molar-refractivity contribution is 6.08. The van der Waals surface area contributed by atoms with Gasteiger partial charge in [0.1, 0.15) is 5.56 Å². The fourth-order valence-corrected chi connectivity index (χ4v) is 4.07. The maximum absolute atomic E-state index is 13.3. The Morgan fingerprint density at radius 3 is 2.83 bits per heavy atom. The molecule has 0 radical (unpaired) electrons. The lowest BCUT2D eigenvalue weighted by Crippen LogP contribution is -2.19. The number of aryl methyl sites for hydroxylation is 1. The molecule has 4 aromatic rings. The molecule has 2 N–H and O–H groups in total. The molecule has 5 rings (SSSR count). The summed E-state index contributed by atoms with van der Waals surface area (Å²) in [5.74, 6) is -0.443. The van der Waals surface area contributed by atoms with Gasteiger partial charge >= 0.3 is 5.97 Å². The van der Waals surface area contributed by atoms with Crippen LogP contribution in [0, 0.1) is 0 Å². The number of ether oxygens (including phenoxy) is 1. The number of carbonyl (C=O) groups is 3. The van der Waals surface area contributed by atoms with Crippen LogP contribution in [0.3, 0.4) is 0 Å². The van der Waals surface area contributed by atoms with Gasteiger partial charge in [0.05, 0.1) is 18.3 Å². The Morgan fingerprint density at radius 2 is 1.97 bits per heavy atom. The second kappa shape index (κ2) is 9.38. The van der Waals surface area contributed by atoms with E-state index in [1.807, 2.05) is 30.3 Å². The molecule has 3 heterocycles. The summed E-state index contributed by atoms with van der Waals surface area (Å²) in [6.07, 6.45) is 3.19. The summed E-state index contributed by atoms with van der Waals surface area (Å²) in [6, 6.07) is 16.4. The van der Waals surface area contributed by atoms with Gasteiger partial charge in [-0.05, 0) is 61.7 Å². The number of fused-ring (bicyclic) bond motifs is 2. The van der Waals surface area contributed by atoms with Gasteiger partial charge in [0.2, 0.25) is 5.91 Å². The maximum Gasteiger partial charge on any atom is 0.343 e. The number of carbonyl (C=O) groups excluding carboxylic acids is 3. The number of benzene rings is 2. The zero-order valence-corrected chi connectivity index (χ0v) is 19.1. The molecule has 9 nitrogen and oxygen atoms in total. The first-order valence-electron chi connectivity index (χ1n) is 11.4. The highest BCUT2D eigenvalue weighted by atomic mass is 16.5. The van der Waals surface area contributed by atoms with E-state index in [1.54, 1.807) is 31.2 Å². The third-order valence-electron chi connectivity index (χ3n) is 5.79. The minimum atomic E-state index is -0.598. The van der Waals surface area contributed by atoms with Crippen molar-refractivity contribution in [3.05, 3.63) is 77.5 Å². The molecule has 1 aliphatic rings. The molecule has 0 spiro atoms. The van der Waals surface area contributed by atoms with Crippen LogP contribution in [-0.2, 0) is 16.0 Å². The molecule has 0 bridgehead atoms. The SMILES string of the molecule is CCOC(=O)c1cnn(-c2ccc3ccccc3n2)c1NC(=O)c1ccc2c(c1)CCCC(=O)N2. The molecule has 1 aliphatic heterocycles. The average Bonchev–Trinajstić information content (AvgIpc) is 3.18. The molecule has 0 atom stereocenters. The van der Waals surface area contributed by atoms with E-state index in [-0.39, 0.29) is 23.9 Å². The number of nitrogens with zero attached hydrogens (tertiary/aromatic N) is 3. The maximum atomic E-state index is 13.3. The Morgan fingerprint density at radius 1 is 1.11 bits per heavy atom. The van der Waals surface area contributed by atoms with Crippen LogP contribution in [0.1, 0.15) is 46.0 Å². The largest absolute Gasteiger partial charge is 0.462 e. The molecule has 2 aromatic heterocycles. The summed E-state index contributed by atoms with van der Waals surface area (Å²) in [5.41, 5.74) is 2.87. The summed E-state index contributed by atoms with van der Waals surface area (Å²) in [7, 11) is 0. The molecule has 9 heteroatoms. The number of hydrogen-bond acceptors (Lipinski definition) is 6. The molecule has 2 amide bonds. The van der Waals surface area contributed by atoms with Gasteiger partial charge in [0.25, 0.3) is 5.91 Å². The van der Waals surface area contributed by atoms with Crippen molar-refractivity contribution in [1.29, 1.82) is 0 Å². The summed E-state index contributed by atoms with van der Waals surface area (Å²) in [6.45, 7) is 1.89. The predicted octanol–water partition coefficient (Wildman–Crippen LogP) is 4.12. The quantitative estimate of drug-likeness (QED) is 0.425. The lowest BCUT2D eigenvalue weighted by molar-refractivity contribution is -0.116. The van der Waals surface area contributed by atoms with E-state index in [9.17, 15) is 14.4 Å². The van der Waals surface area contributed by atoms with Crippen molar-refractivity contribution in [3.63, 3.8) is 0 Å². The van der Waals surface area contributed by atoms with Gasteiger partial charge in [0, 0.05) is 23.1 Å². The van der Waals surface area contributed by atoms with Crippen LogP contribution in [0.25, 0.3) is 16.7 Å². The second-order valence-corrected chi connectivity index (χ2v) is 8.13. The topological polar surface area (TPSA) is 115 Å². The number of anilines is 2. The minimum Gasteiger partial charge on any atom is -0.462 e. The molecule has 0 saturated carbocycles. The summed E-state index contributed by atoms with van der Waals surface area (Å²) in [5, 5.41) is 11.0. The number of nitrogens with one attached hydrogen (secondary N) is 2. The number of pyridine rings is 1. The predicted molar refractivity (Wildman–Crippen MR) is 131 cm³/mol. The van der Waals surface area contributed by atoms with Crippen LogP contribution >= 0.6 is 0 Å². The normalized spacial score (nSPS) is 13.0. The van der Waals surface area contributed by atoms with Crippen LogP contribution in [0.15, 0.2) is 60.8 Å². The standard InChI is InChI=1S/C26H23N5O4/c1-2-35-26(34)19-15-27-31(22-13-11-16-6-3-4-8-20(16)28-22)24(19)30-25(33)18-10-12-21-17(14-18)7-5-9-23(32)29-21/h3-4,6,8,10-15H,2,5,7,9H2,1H3,(H,29,32)(H,30,33). The average molecular weight is 470 g/mol. The number of hydrogen-bond donors (Lipinski definition) is 2. The van der Waals surface area contributed by atoms with Crippen LogP contribution < -0.4 is 10.6 Å². The van der Waals surface area contributed by atoms with E-state index in [4.69, 9.17) is 4.74 Å². The zero-order valence-electron chi connectivity index (χ0n) is 19.1. The third-order valence-corrected chi connectivity index (χ3v) is 5.79. The van der Waals surface area contributed by atoms with E-state index >= 15 is 0 Å². The molecular weight excluding hydrogens is 446 g/mol. The summed E-state index contributed by atoms with van der Waals surface area (Å²) >= 11 is 0. The van der Waals surface area contributed by atoms with Crippen molar-refractivity contribution in [3.8, 4) is 5.82 Å². The molecule has 0 unspecified atom stereocenters. The van der Waals surface area contributed by atoms with Crippen molar-refractivity contribution < 1.29 is 19.1 Å². The number of para-hydroxylation sites is 1. The first kappa shape index (κ1) is 22.3. The zero-order chi connectivity index (χ0) is 24.4. The van der Waals surface area contributed by atoms with E-state index in [0.29, 0.717) is 36.3 Å². The van der Waals surface area contributed by atoms with Crippen LogP contribution in [0.2, 0.25) is 0 Å². The molecule has 176 valence electrons. The first-order chi connectivity index (χ1) is 17.0. The second-order valence-electron chi connectivity index (χ2n) is 8.13. The Bertz CT molecular complexity index is 1460. The fraction of sp³-hybridized carbons (Fsp3) is 0.192.